The van der Waals surface area contributed by atoms with Gasteiger partial charge in [0.05, 0.1) is 6.42 Å². The number of pyridine rings is 1. The molecule has 6 nitrogen and oxygen atoms in total. The minimum atomic E-state index is -0.678. The summed E-state index contributed by atoms with van der Waals surface area (Å²) in [4.78, 5) is 22.9. The van der Waals surface area contributed by atoms with Gasteiger partial charge in [-0.3, -0.25) is 9.69 Å². The predicted octanol–water partition coefficient (Wildman–Crippen LogP) is 0.590. The van der Waals surface area contributed by atoms with Crippen LogP contribution in [-0.2, 0) is 4.79 Å². The zero-order valence-electron chi connectivity index (χ0n) is 14.3. The lowest BCUT2D eigenvalue weighted by Gasteiger charge is -2.31. The molecule has 126 valence electrons. The molecule has 0 saturated heterocycles. The van der Waals surface area contributed by atoms with Crippen LogP contribution in [0.2, 0.25) is 0 Å². The molecule has 1 aromatic carbocycles. The van der Waals surface area contributed by atoms with Crippen molar-refractivity contribution in [3.8, 4) is 11.1 Å². The van der Waals surface area contributed by atoms with Crippen molar-refractivity contribution in [2.24, 2.45) is 15.7 Å². The van der Waals surface area contributed by atoms with Gasteiger partial charge in [-0.05, 0) is 18.6 Å². The number of aromatic nitrogens is 1. The first-order valence-corrected chi connectivity index (χ1v) is 8.25. The van der Waals surface area contributed by atoms with E-state index in [0.29, 0.717) is 6.54 Å². The highest BCUT2D eigenvalue weighted by Crippen LogP contribution is 2.27. The molecule has 2 N–H and O–H groups in total. The van der Waals surface area contributed by atoms with Crippen molar-refractivity contribution in [3.05, 3.63) is 59.9 Å². The van der Waals surface area contributed by atoms with Gasteiger partial charge >= 0.3 is 5.49 Å². The van der Waals surface area contributed by atoms with Crippen LogP contribution in [0.3, 0.4) is 0 Å². The maximum absolute atomic E-state index is 12.3. The molecule has 1 aromatic heterocycles. The van der Waals surface area contributed by atoms with Gasteiger partial charge < -0.3 is 5.73 Å². The van der Waals surface area contributed by atoms with E-state index < -0.39 is 5.54 Å². The zero-order chi connectivity index (χ0) is 17.6. The number of nitrogens with zero attached hydrogens (tertiary/aromatic N) is 4. The van der Waals surface area contributed by atoms with Crippen LogP contribution >= 0.6 is 0 Å². The number of hydrogen-bond acceptors (Lipinski definition) is 4. The average Bonchev–Trinajstić information content (AvgIpc) is 3.04. The van der Waals surface area contributed by atoms with Crippen molar-refractivity contribution in [3.63, 3.8) is 0 Å². The van der Waals surface area contributed by atoms with Gasteiger partial charge in [0, 0.05) is 18.7 Å². The Hall–Kier alpha value is -3.02. The summed E-state index contributed by atoms with van der Waals surface area (Å²) in [5, 5.41) is 0. The van der Waals surface area contributed by atoms with E-state index in [1.807, 2.05) is 31.2 Å². The standard InChI is InChI=1S/C19H20N5O/c1-19(10-17(25)23(2)18(20)22-19)15-11-21-16-9-8-14(12-24(15)16)13-6-4-3-5-7-13/h3-9,12H,10-11H2,1-2H3,(H2,20,22)/q+1/t19-/m0/s1. The Balaban J connectivity index is 1.90. The van der Waals surface area contributed by atoms with Crippen LogP contribution in [-0.4, -0.2) is 35.9 Å². The lowest BCUT2D eigenvalue weighted by atomic mass is 9.90. The molecule has 1 atom stereocenters. The number of guanidine groups is 1. The predicted molar refractivity (Wildman–Crippen MR) is 94.2 cm³/mol. The van der Waals surface area contributed by atoms with Gasteiger partial charge in [0.15, 0.2) is 18.2 Å². The molecular weight excluding hydrogens is 314 g/mol. The van der Waals surface area contributed by atoms with E-state index in [2.05, 4.69) is 38.6 Å². The van der Waals surface area contributed by atoms with E-state index in [1.165, 1.54) is 4.90 Å². The molecule has 2 aliphatic rings. The number of amides is 1. The van der Waals surface area contributed by atoms with Gasteiger partial charge in [0.25, 0.3) is 0 Å². The summed E-state index contributed by atoms with van der Waals surface area (Å²) in [5.74, 6) is 0.218. The van der Waals surface area contributed by atoms with Crippen LogP contribution in [0.5, 0.6) is 0 Å². The second-order valence-corrected chi connectivity index (χ2v) is 6.65. The molecule has 6 heteroatoms. The minimum absolute atomic E-state index is 0.0317. The molecule has 0 saturated carbocycles. The monoisotopic (exact) mass is 334 g/mol. The summed E-state index contributed by atoms with van der Waals surface area (Å²) in [7, 11) is 1.65. The molecule has 3 heterocycles. The Morgan fingerprint density at radius 2 is 1.92 bits per heavy atom. The molecule has 0 spiro atoms. The van der Waals surface area contributed by atoms with Crippen LogP contribution < -0.4 is 15.5 Å². The number of hydrogen-bond donors (Lipinski definition) is 1. The topological polar surface area (TPSA) is 77.0 Å². The first-order chi connectivity index (χ1) is 12.0. The molecule has 4 rings (SSSR count). The lowest BCUT2D eigenvalue weighted by molar-refractivity contribution is -0.539. The van der Waals surface area contributed by atoms with E-state index in [9.17, 15) is 4.79 Å². The summed E-state index contributed by atoms with van der Waals surface area (Å²) < 4.78 is 2.05. The Kier molecular flexibility index (Phi) is 3.42. The summed E-state index contributed by atoms with van der Waals surface area (Å²) in [5.41, 5.74) is 9.36. The molecule has 0 fully saturated rings. The minimum Gasteiger partial charge on any atom is -0.369 e. The third-order valence-electron chi connectivity index (χ3n) is 4.91. The van der Waals surface area contributed by atoms with Crippen LogP contribution in [0.15, 0.2) is 58.6 Å². The second-order valence-electron chi connectivity index (χ2n) is 6.65. The van der Waals surface area contributed by atoms with Crippen molar-refractivity contribution < 1.29 is 9.04 Å². The fourth-order valence-electron chi connectivity index (χ4n) is 3.38. The second kappa shape index (κ2) is 5.51. The molecule has 0 bridgehead atoms. The van der Waals surface area contributed by atoms with Gasteiger partial charge in [-0.25, -0.2) is 4.99 Å². The zero-order valence-corrected chi connectivity index (χ0v) is 14.3. The van der Waals surface area contributed by atoms with Crippen LogP contribution in [0.1, 0.15) is 13.3 Å². The number of rotatable bonds is 2. The van der Waals surface area contributed by atoms with E-state index >= 15 is 0 Å². The van der Waals surface area contributed by atoms with E-state index in [4.69, 9.17) is 5.73 Å². The third kappa shape index (κ3) is 2.50. The van der Waals surface area contributed by atoms with Gasteiger partial charge in [0.1, 0.15) is 11.7 Å². The van der Waals surface area contributed by atoms with Crippen molar-refractivity contribution in [1.82, 2.24) is 4.90 Å². The maximum Gasteiger partial charge on any atom is 0.322 e. The first-order valence-electron chi connectivity index (χ1n) is 8.25. The number of aliphatic imine (C=N–C) groups is 1. The van der Waals surface area contributed by atoms with Crippen LogP contribution in [0, 0.1) is 5.71 Å². The Morgan fingerprint density at radius 3 is 2.64 bits per heavy atom. The number of benzene rings is 1. The number of nitrogens with two attached hydrogens (primary N) is 1. The average molecular weight is 334 g/mol. The molecule has 25 heavy (non-hydrogen) atoms. The summed E-state index contributed by atoms with van der Waals surface area (Å²) in [6, 6.07) is 14.2. The smallest absolute Gasteiger partial charge is 0.322 e. The van der Waals surface area contributed by atoms with E-state index in [0.717, 1.165) is 22.3 Å². The molecule has 0 aliphatic carbocycles. The molecule has 2 aromatic rings. The normalized spacial score (nSPS) is 22.5. The largest absolute Gasteiger partial charge is 0.369 e. The van der Waals surface area contributed by atoms with Gasteiger partial charge in [-0.15, -0.1) is 0 Å². The highest BCUT2D eigenvalue weighted by molar-refractivity contribution is 5.98. The Morgan fingerprint density at radius 1 is 1.16 bits per heavy atom. The highest BCUT2D eigenvalue weighted by atomic mass is 16.2. The van der Waals surface area contributed by atoms with Crippen LogP contribution in [0.4, 0.5) is 0 Å². The van der Waals surface area contributed by atoms with Crippen molar-refractivity contribution in [1.29, 1.82) is 0 Å². The van der Waals surface area contributed by atoms with Crippen molar-refractivity contribution in [2.45, 2.75) is 18.9 Å². The molecule has 0 radical (unpaired) electrons. The number of carbonyl (C=O) groups excluding carboxylic acids is 1. The molecule has 0 unspecified atom stereocenters. The van der Waals surface area contributed by atoms with Gasteiger partial charge in [-0.1, -0.05) is 35.3 Å². The van der Waals surface area contributed by atoms with Crippen molar-refractivity contribution >= 4 is 11.9 Å². The fraction of sp³-hybridized carbons (Fsp3) is 0.263. The van der Waals surface area contributed by atoms with Crippen LogP contribution in [0.25, 0.3) is 11.1 Å². The molecular formula is C19H20N5O+. The molecule has 1 amide bonds. The third-order valence-corrected chi connectivity index (χ3v) is 4.91. The van der Waals surface area contributed by atoms with Gasteiger partial charge in [0.2, 0.25) is 5.91 Å². The summed E-state index contributed by atoms with van der Waals surface area (Å²) >= 11 is 0. The Bertz CT molecular complexity index is 1010. The Labute approximate surface area is 145 Å². The number of carbonyl (C=O) groups is 1. The first kappa shape index (κ1) is 15.5. The number of fused-ring (bicyclic) bond motifs is 1. The van der Waals surface area contributed by atoms with E-state index in [1.54, 1.807) is 7.05 Å². The summed E-state index contributed by atoms with van der Waals surface area (Å²) in [6.45, 7) is 2.47. The fourth-order valence-corrected chi connectivity index (χ4v) is 3.38. The highest BCUT2D eigenvalue weighted by Gasteiger charge is 2.43. The maximum atomic E-state index is 12.3. The molecule has 2 aliphatic heterocycles. The van der Waals surface area contributed by atoms with Crippen molar-refractivity contribution in [2.75, 3.05) is 13.6 Å². The van der Waals surface area contributed by atoms with E-state index in [-0.39, 0.29) is 18.3 Å². The lowest BCUT2D eigenvalue weighted by Crippen LogP contribution is -2.53. The SMILES string of the molecule is CN1C(=O)C[C@@](C)(C2=[n+]3cc(-c4ccccc4)ccc3=NC2)N=C1N. The quantitative estimate of drug-likeness (QED) is 0.816. The summed E-state index contributed by atoms with van der Waals surface area (Å²) in [6.07, 6.45) is 2.35. The van der Waals surface area contributed by atoms with Gasteiger partial charge in [-0.2, -0.15) is 4.24 Å².